The molecule has 1 aromatic carbocycles. The fourth-order valence-electron chi connectivity index (χ4n) is 1.35. The predicted octanol–water partition coefficient (Wildman–Crippen LogP) is 1.62. The third-order valence-corrected chi connectivity index (χ3v) is 3.32. The first kappa shape index (κ1) is 12.4. The van der Waals surface area contributed by atoms with Crippen LogP contribution in [0, 0.1) is 0 Å². The fourth-order valence-corrected chi connectivity index (χ4v) is 2.16. The quantitative estimate of drug-likeness (QED) is 0.492. The molecule has 0 aliphatic heterocycles. The van der Waals surface area contributed by atoms with E-state index in [4.69, 9.17) is 11.5 Å². The number of nitrogen functional groups attached to an aromatic ring is 2. The van der Waals surface area contributed by atoms with Crippen LogP contribution in [0.4, 0.5) is 11.5 Å². The molecule has 0 saturated heterocycles. The van der Waals surface area contributed by atoms with Crippen molar-refractivity contribution in [1.82, 2.24) is 9.97 Å². The Kier molecular flexibility index (Phi) is 3.78. The van der Waals surface area contributed by atoms with Crippen molar-refractivity contribution in [2.24, 2.45) is 0 Å². The van der Waals surface area contributed by atoms with Crippen LogP contribution in [0.3, 0.4) is 0 Å². The zero-order valence-electron chi connectivity index (χ0n) is 9.54. The van der Waals surface area contributed by atoms with Gasteiger partial charge >= 0.3 is 0 Å². The number of benzene rings is 1. The Morgan fingerprint density at radius 1 is 1.17 bits per heavy atom. The van der Waals surface area contributed by atoms with Gasteiger partial charge in [-0.05, 0) is 0 Å². The molecule has 0 saturated carbocycles. The minimum absolute atomic E-state index is 0.0252. The summed E-state index contributed by atoms with van der Waals surface area (Å²) in [5, 5.41) is 0.534. The predicted molar refractivity (Wildman–Crippen MR) is 72.4 cm³/mol. The number of hydrogen-bond donors (Lipinski definition) is 2. The molecule has 6 heteroatoms. The third kappa shape index (κ3) is 2.78. The fraction of sp³-hybridized carbons (Fsp3) is 0.0833. The summed E-state index contributed by atoms with van der Waals surface area (Å²) in [6.45, 7) is 0. The molecule has 0 spiro atoms. The Morgan fingerprint density at radius 2 is 1.89 bits per heavy atom. The summed E-state index contributed by atoms with van der Waals surface area (Å²) in [5.74, 6) is 0.529. The summed E-state index contributed by atoms with van der Waals surface area (Å²) in [7, 11) is 0. The Labute approximate surface area is 109 Å². The number of rotatable bonds is 4. The normalized spacial score (nSPS) is 10.2. The van der Waals surface area contributed by atoms with Gasteiger partial charge in [0, 0.05) is 5.56 Å². The van der Waals surface area contributed by atoms with E-state index in [1.807, 2.05) is 18.2 Å². The molecule has 4 N–H and O–H groups in total. The lowest BCUT2D eigenvalue weighted by molar-refractivity contribution is 0.102. The van der Waals surface area contributed by atoms with Gasteiger partial charge in [-0.25, -0.2) is 9.97 Å². The van der Waals surface area contributed by atoms with Crippen molar-refractivity contribution in [1.29, 1.82) is 0 Å². The van der Waals surface area contributed by atoms with Crippen LogP contribution in [0.1, 0.15) is 10.4 Å². The van der Waals surface area contributed by atoms with E-state index >= 15 is 0 Å². The first-order valence-corrected chi connectivity index (χ1v) is 6.24. The number of ketones is 1. The van der Waals surface area contributed by atoms with Gasteiger partial charge in [0.15, 0.2) is 11.6 Å². The van der Waals surface area contributed by atoms with Crippen LogP contribution >= 0.6 is 11.8 Å². The molecular formula is C12H12N4OS. The van der Waals surface area contributed by atoms with E-state index in [1.165, 1.54) is 18.1 Å². The molecule has 1 aromatic heterocycles. The van der Waals surface area contributed by atoms with Gasteiger partial charge in [-0.3, -0.25) is 4.79 Å². The Balaban J connectivity index is 2.04. The van der Waals surface area contributed by atoms with Crippen LogP contribution in [0.5, 0.6) is 0 Å². The number of carbonyl (C=O) groups is 1. The first-order chi connectivity index (χ1) is 8.68. The maximum absolute atomic E-state index is 11.9. The van der Waals surface area contributed by atoms with E-state index < -0.39 is 0 Å². The minimum Gasteiger partial charge on any atom is -0.394 e. The maximum atomic E-state index is 11.9. The zero-order chi connectivity index (χ0) is 13.0. The molecule has 0 aliphatic rings. The Hall–Kier alpha value is -2.08. The molecule has 0 unspecified atom stereocenters. The van der Waals surface area contributed by atoms with E-state index in [-0.39, 0.29) is 17.4 Å². The largest absolute Gasteiger partial charge is 0.394 e. The molecule has 0 amide bonds. The first-order valence-electron chi connectivity index (χ1n) is 5.25. The molecule has 0 radical (unpaired) electrons. The smallest absolute Gasteiger partial charge is 0.173 e. The summed E-state index contributed by atoms with van der Waals surface area (Å²) < 4.78 is 0. The summed E-state index contributed by atoms with van der Waals surface area (Å²) in [6, 6.07) is 9.08. The second kappa shape index (κ2) is 5.50. The highest BCUT2D eigenvalue weighted by Gasteiger charge is 2.10. The highest BCUT2D eigenvalue weighted by atomic mass is 32.2. The molecule has 0 bridgehead atoms. The summed E-state index contributed by atoms with van der Waals surface area (Å²) >= 11 is 1.26. The van der Waals surface area contributed by atoms with E-state index in [0.717, 1.165) is 0 Å². The number of nitrogens with two attached hydrogens (primary N) is 2. The zero-order valence-corrected chi connectivity index (χ0v) is 10.4. The van der Waals surface area contributed by atoms with Crippen LogP contribution < -0.4 is 11.5 Å². The lowest BCUT2D eigenvalue weighted by Crippen LogP contribution is -2.05. The standard InChI is InChI=1S/C12H12N4OS/c13-10-11(14)15-7-16-12(10)18-6-9(17)8-4-2-1-3-5-8/h1-5,7H,6,13H2,(H2,14,15,16). The van der Waals surface area contributed by atoms with Crippen molar-refractivity contribution in [3.05, 3.63) is 42.2 Å². The van der Waals surface area contributed by atoms with E-state index in [2.05, 4.69) is 9.97 Å². The monoisotopic (exact) mass is 260 g/mol. The number of Topliss-reactive ketones (excluding diaryl/α,β-unsaturated/α-hetero) is 1. The van der Waals surface area contributed by atoms with E-state index in [0.29, 0.717) is 16.3 Å². The van der Waals surface area contributed by atoms with Crippen LogP contribution in [-0.4, -0.2) is 21.5 Å². The number of aromatic nitrogens is 2. The topological polar surface area (TPSA) is 94.9 Å². The number of carbonyl (C=O) groups excluding carboxylic acids is 1. The van der Waals surface area contributed by atoms with Crippen LogP contribution in [0.2, 0.25) is 0 Å². The molecule has 0 fully saturated rings. The van der Waals surface area contributed by atoms with Gasteiger partial charge in [-0.15, -0.1) is 0 Å². The molecule has 0 atom stereocenters. The molecule has 2 aromatic rings. The van der Waals surface area contributed by atoms with Crippen molar-refractivity contribution in [3.63, 3.8) is 0 Å². The van der Waals surface area contributed by atoms with Crippen LogP contribution in [0.25, 0.3) is 0 Å². The summed E-state index contributed by atoms with van der Waals surface area (Å²) in [5.41, 5.74) is 12.3. The van der Waals surface area contributed by atoms with Gasteiger partial charge in [0.25, 0.3) is 0 Å². The van der Waals surface area contributed by atoms with Gasteiger partial charge in [-0.1, -0.05) is 42.1 Å². The van der Waals surface area contributed by atoms with Crippen molar-refractivity contribution in [2.45, 2.75) is 5.03 Å². The van der Waals surface area contributed by atoms with Gasteiger partial charge in [0.05, 0.1) is 5.75 Å². The van der Waals surface area contributed by atoms with Crippen LogP contribution in [0.15, 0.2) is 41.7 Å². The molecule has 5 nitrogen and oxygen atoms in total. The number of anilines is 2. The molecule has 1 heterocycles. The molecule has 2 rings (SSSR count). The number of hydrogen-bond acceptors (Lipinski definition) is 6. The molecular weight excluding hydrogens is 248 g/mol. The van der Waals surface area contributed by atoms with Gasteiger partial charge < -0.3 is 11.5 Å². The molecule has 18 heavy (non-hydrogen) atoms. The van der Waals surface area contributed by atoms with Gasteiger partial charge in [-0.2, -0.15) is 0 Å². The number of thioether (sulfide) groups is 1. The summed E-state index contributed by atoms with van der Waals surface area (Å²) in [4.78, 5) is 19.6. The van der Waals surface area contributed by atoms with Crippen LogP contribution in [-0.2, 0) is 0 Å². The van der Waals surface area contributed by atoms with Crippen molar-refractivity contribution < 1.29 is 4.79 Å². The highest BCUT2D eigenvalue weighted by Crippen LogP contribution is 2.25. The van der Waals surface area contributed by atoms with Crippen molar-refractivity contribution in [2.75, 3.05) is 17.2 Å². The highest BCUT2D eigenvalue weighted by molar-refractivity contribution is 8.00. The molecule has 92 valence electrons. The Bertz CT molecular complexity index is 559. The third-order valence-electron chi connectivity index (χ3n) is 2.31. The maximum Gasteiger partial charge on any atom is 0.173 e. The second-order valence-corrected chi connectivity index (χ2v) is 4.52. The second-order valence-electron chi connectivity index (χ2n) is 3.56. The lowest BCUT2D eigenvalue weighted by Gasteiger charge is -2.05. The van der Waals surface area contributed by atoms with E-state index in [1.54, 1.807) is 12.1 Å². The van der Waals surface area contributed by atoms with Gasteiger partial charge in [0.2, 0.25) is 0 Å². The summed E-state index contributed by atoms with van der Waals surface area (Å²) in [6.07, 6.45) is 1.33. The average molecular weight is 260 g/mol. The SMILES string of the molecule is Nc1ncnc(SCC(=O)c2ccccc2)c1N. The minimum atomic E-state index is 0.0252. The van der Waals surface area contributed by atoms with Crippen molar-refractivity contribution in [3.8, 4) is 0 Å². The van der Waals surface area contributed by atoms with E-state index in [9.17, 15) is 4.79 Å². The molecule has 0 aliphatic carbocycles. The van der Waals surface area contributed by atoms with Gasteiger partial charge in [0.1, 0.15) is 17.0 Å². The lowest BCUT2D eigenvalue weighted by atomic mass is 10.2. The number of nitrogens with zero attached hydrogens (tertiary/aromatic N) is 2. The van der Waals surface area contributed by atoms with Crippen molar-refractivity contribution >= 4 is 29.1 Å². The Morgan fingerprint density at radius 3 is 2.61 bits per heavy atom. The average Bonchev–Trinajstić information content (AvgIpc) is 2.41.